The van der Waals surface area contributed by atoms with Crippen LogP contribution in [0, 0.1) is 17.8 Å². The number of fused-ring (bicyclic) bond motifs is 2. The van der Waals surface area contributed by atoms with Crippen LogP contribution in [-0.2, 0) is 4.79 Å². The van der Waals surface area contributed by atoms with E-state index < -0.39 is 0 Å². The fraction of sp³-hybridized carbons (Fsp3) is 0.588. The molecule has 0 aliphatic heterocycles. The van der Waals surface area contributed by atoms with Crippen molar-refractivity contribution >= 4 is 11.6 Å². The number of hydrogen-bond donors (Lipinski definition) is 3. The zero-order chi connectivity index (χ0) is 14.7. The first-order valence-electron chi connectivity index (χ1n) is 8.08. The summed E-state index contributed by atoms with van der Waals surface area (Å²) in [5.74, 6) is 1.36. The number of hydrogen-bond acceptors (Lipinski definition) is 3. The fourth-order valence-corrected chi connectivity index (χ4v) is 3.93. The minimum absolute atomic E-state index is 0.0610. The van der Waals surface area contributed by atoms with Gasteiger partial charge in [0.15, 0.2) is 0 Å². The molecule has 21 heavy (non-hydrogen) atoms. The summed E-state index contributed by atoms with van der Waals surface area (Å²) in [7, 11) is 0. The van der Waals surface area contributed by atoms with Gasteiger partial charge in [-0.3, -0.25) is 4.79 Å². The van der Waals surface area contributed by atoms with Crippen LogP contribution in [0.3, 0.4) is 0 Å². The van der Waals surface area contributed by atoms with E-state index in [1.54, 1.807) is 0 Å². The number of nitrogens with two attached hydrogens (primary N) is 1. The predicted molar refractivity (Wildman–Crippen MR) is 84.9 cm³/mol. The molecule has 114 valence electrons. The van der Waals surface area contributed by atoms with Crippen LogP contribution >= 0.6 is 0 Å². The third kappa shape index (κ3) is 3.21. The highest BCUT2D eigenvalue weighted by Gasteiger charge is 2.48. The van der Waals surface area contributed by atoms with E-state index in [2.05, 4.69) is 10.6 Å². The van der Waals surface area contributed by atoms with Crippen LogP contribution in [-0.4, -0.2) is 25.0 Å². The van der Waals surface area contributed by atoms with Crippen molar-refractivity contribution in [3.05, 3.63) is 30.3 Å². The molecule has 1 aromatic carbocycles. The van der Waals surface area contributed by atoms with Crippen molar-refractivity contribution in [1.82, 2.24) is 5.32 Å². The molecule has 0 radical (unpaired) electrons. The summed E-state index contributed by atoms with van der Waals surface area (Å²) in [6.45, 7) is 1.59. The second-order valence-electron chi connectivity index (χ2n) is 6.37. The minimum Gasteiger partial charge on any atom is -0.385 e. The lowest BCUT2D eigenvalue weighted by atomic mass is 9.84. The first-order chi connectivity index (χ1) is 10.3. The number of amides is 1. The number of carbonyl (C=O) groups excluding carboxylic acids is 1. The van der Waals surface area contributed by atoms with Crippen molar-refractivity contribution in [2.45, 2.75) is 31.7 Å². The first kappa shape index (κ1) is 14.4. The topological polar surface area (TPSA) is 67.2 Å². The van der Waals surface area contributed by atoms with Gasteiger partial charge in [-0.05, 0) is 49.7 Å². The van der Waals surface area contributed by atoms with Gasteiger partial charge in [0.25, 0.3) is 0 Å². The average molecular weight is 287 g/mol. The zero-order valence-electron chi connectivity index (χ0n) is 12.4. The maximum atomic E-state index is 12.3. The largest absolute Gasteiger partial charge is 0.385 e. The van der Waals surface area contributed by atoms with Gasteiger partial charge in [0.1, 0.15) is 0 Å². The molecular weight excluding hydrogens is 262 g/mol. The van der Waals surface area contributed by atoms with Crippen LogP contribution in [0.25, 0.3) is 0 Å². The molecule has 0 saturated heterocycles. The molecule has 4 atom stereocenters. The van der Waals surface area contributed by atoms with Crippen LogP contribution in [0.2, 0.25) is 0 Å². The summed E-state index contributed by atoms with van der Waals surface area (Å²) in [6, 6.07) is 10.2. The fourth-order valence-electron chi connectivity index (χ4n) is 3.93. The summed E-state index contributed by atoms with van der Waals surface area (Å²) in [5.41, 5.74) is 7.32. The summed E-state index contributed by atoms with van der Waals surface area (Å²) >= 11 is 0. The zero-order valence-corrected chi connectivity index (χ0v) is 12.4. The van der Waals surface area contributed by atoms with Crippen molar-refractivity contribution in [3.8, 4) is 0 Å². The van der Waals surface area contributed by atoms with Gasteiger partial charge in [0.2, 0.25) is 5.91 Å². The lowest BCUT2D eigenvalue weighted by Crippen LogP contribution is -2.45. The molecule has 2 aliphatic rings. The van der Waals surface area contributed by atoms with Gasteiger partial charge in [-0.25, -0.2) is 0 Å². The van der Waals surface area contributed by atoms with E-state index in [1.165, 1.54) is 12.8 Å². The Hall–Kier alpha value is -1.55. The predicted octanol–water partition coefficient (Wildman–Crippen LogP) is 1.98. The molecule has 4 heteroatoms. The molecular formula is C17H25N3O. The highest BCUT2D eigenvalue weighted by atomic mass is 16.1. The van der Waals surface area contributed by atoms with Gasteiger partial charge in [-0.15, -0.1) is 0 Å². The SMILES string of the molecule is NC1C2CCC(C2)C1C(=O)NCCCNc1ccccc1. The molecule has 4 N–H and O–H groups in total. The smallest absolute Gasteiger partial charge is 0.224 e. The maximum Gasteiger partial charge on any atom is 0.224 e. The Bertz CT molecular complexity index is 474. The van der Waals surface area contributed by atoms with E-state index in [1.807, 2.05) is 30.3 Å². The van der Waals surface area contributed by atoms with E-state index in [4.69, 9.17) is 5.73 Å². The van der Waals surface area contributed by atoms with Gasteiger partial charge >= 0.3 is 0 Å². The highest BCUT2D eigenvalue weighted by Crippen LogP contribution is 2.47. The number of nitrogens with one attached hydrogen (secondary N) is 2. The van der Waals surface area contributed by atoms with Crippen LogP contribution in [0.5, 0.6) is 0 Å². The molecule has 4 nitrogen and oxygen atoms in total. The number of carbonyl (C=O) groups is 1. The lowest BCUT2D eigenvalue weighted by Gasteiger charge is -2.27. The van der Waals surface area contributed by atoms with E-state index >= 15 is 0 Å². The van der Waals surface area contributed by atoms with E-state index in [0.29, 0.717) is 11.8 Å². The average Bonchev–Trinajstić information content (AvgIpc) is 3.08. The van der Waals surface area contributed by atoms with Gasteiger partial charge in [-0.2, -0.15) is 0 Å². The monoisotopic (exact) mass is 287 g/mol. The Morgan fingerprint density at radius 3 is 2.62 bits per heavy atom. The summed E-state index contributed by atoms with van der Waals surface area (Å²) < 4.78 is 0. The Morgan fingerprint density at radius 2 is 1.90 bits per heavy atom. The van der Waals surface area contributed by atoms with Crippen molar-refractivity contribution in [1.29, 1.82) is 0 Å². The second-order valence-corrected chi connectivity index (χ2v) is 6.37. The van der Waals surface area contributed by atoms with Crippen molar-refractivity contribution in [2.75, 3.05) is 18.4 Å². The molecule has 1 amide bonds. The third-order valence-corrected chi connectivity index (χ3v) is 5.04. The quantitative estimate of drug-likeness (QED) is 0.701. The van der Waals surface area contributed by atoms with Crippen LogP contribution in [0.4, 0.5) is 5.69 Å². The van der Waals surface area contributed by atoms with E-state index in [9.17, 15) is 4.79 Å². The lowest BCUT2D eigenvalue weighted by molar-refractivity contribution is -0.127. The standard InChI is InChI=1S/C17H25N3O/c18-16-13-8-7-12(11-13)15(16)17(21)20-10-4-9-19-14-5-2-1-3-6-14/h1-3,5-6,12-13,15-16,19H,4,7-11,18H2,(H,20,21). The summed E-state index contributed by atoms with van der Waals surface area (Å²) in [6.07, 6.45) is 4.49. The van der Waals surface area contributed by atoms with Crippen molar-refractivity contribution in [2.24, 2.45) is 23.5 Å². The maximum absolute atomic E-state index is 12.3. The second kappa shape index (κ2) is 6.48. The molecule has 2 aliphatic carbocycles. The molecule has 0 spiro atoms. The summed E-state index contributed by atoms with van der Waals surface area (Å²) in [5, 5.41) is 6.41. The van der Waals surface area contributed by atoms with Gasteiger partial charge in [-0.1, -0.05) is 18.2 Å². The third-order valence-electron chi connectivity index (χ3n) is 5.04. The van der Waals surface area contributed by atoms with E-state index in [-0.39, 0.29) is 17.9 Å². The van der Waals surface area contributed by atoms with Crippen LogP contribution in [0.1, 0.15) is 25.7 Å². The number of anilines is 1. The first-order valence-corrected chi connectivity index (χ1v) is 8.08. The Morgan fingerprint density at radius 1 is 1.14 bits per heavy atom. The number of para-hydroxylation sites is 1. The molecule has 2 bridgehead atoms. The molecule has 2 saturated carbocycles. The van der Waals surface area contributed by atoms with Crippen molar-refractivity contribution in [3.63, 3.8) is 0 Å². The van der Waals surface area contributed by atoms with Crippen LogP contribution in [0.15, 0.2) is 30.3 Å². The Labute approximate surface area is 126 Å². The number of rotatable bonds is 6. The van der Waals surface area contributed by atoms with Gasteiger partial charge in [0.05, 0.1) is 5.92 Å². The molecule has 0 aromatic heterocycles. The minimum atomic E-state index is 0.0610. The van der Waals surface area contributed by atoms with Gasteiger partial charge in [0, 0.05) is 24.8 Å². The Kier molecular flexibility index (Phi) is 4.44. The Balaban J connectivity index is 1.35. The molecule has 0 heterocycles. The van der Waals surface area contributed by atoms with E-state index in [0.717, 1.165) is 31.6 Å². The normalized spacial score (nSPS) is 30.3. The molecule has 1 aromatic rings. The summed E-state index contributed by atoms with van der Waals surface area (Å²) in [4.78, 5) is 12.3. The molecule has 2 fully saturated rings. The number of benzene rings is 1. The van der Waals surface area contributed by atoms with Gasteiger partial charge < -0.3 is 16.4 Å². The highest BCUT2D eigenvalue weighted by molar-refractivity contribution is 5.80. The van der Waals surface area contributed by atoms with Crippen molar-refractivity contribution < 1.29 is 4.79 Å². The molecule has 4 unspecified atom stereocenters. The van der Waals surface area contributed by atoms with Crippen LogP contribution < -0.4 is 16.4 Å². The molecule has 3 rings (SSSR count).